The molecule has 0 aromatic heterocycles. The van der Waals surface area contributed by atoms with E-state index < -0.39 is 0 Å². The topological polar surface area (TPSA) is 43.1 Å². The summed E-state index contributed by atoms with van der Waals surface area (Å²) in [6.07, 6.45) is 0. The Hall–Kier alpha value is -1.93. The zero-order valence-electron chi connectivity index (χ0n) is 11.4. The average Bonchev–Trinajstić information content (AvgIpc) is 2.46. The third kappa shape index (κ3) is 3.09. The number of nitrogens with two attached hydrogens (primary N) is 1. The van der Waals surface area contributed by atoms with Crippen LogP contribution >= 0.6 is 0 Å². The molecule has 2 aromatic rings. The van der Waals surface area contributed by atoms with Crippen molar-refractivity contribution in [1.29, 1.82) is 0 Å². The number of hydrogen-bond acceptors (Lipinski definition) is 2. The van der Waals surface area contributed by atoms with E-state index in [1.165, 1.54) is 5.56 Å². The molecule has 1 atom stereocenters. The maximum Gasteiger partial charge on any atom is 0.193 e. The summed E-state index contributed by atoms with van der Waals surface area (Å²) in [6.45, 7) is 4.71. The molecule has 2 rings (SSSR count). The fraction of sp³-hybridized carbons (Fsp3) is 0.235. The third-order valence-electron chi connectivity index (χ3n) is 3.41. The van der Waals surface area contributed by atoms with E-state index in [4.69, 9.17) is 5.73 Å². The lowest BCUT2D eigenvalue weighted by Crippen LogP contribution is -2.09. The number of rotatable bonds is 4. The molecule has 0 aliphatic rings. The van der Waals surface area contributed by atoms with Crippen molar-refractivity contribution in [2.24, 2.45) is 5.73 Å². The number of carbonyl (C=O) groups is 1. The number of benzene rings is 2. The molecule has 0 saturated heterocycles. The van der Waals surface area contributed by atoms with Crippen molar-refractivity contribution in [2.45, 2.75) is 19.8 Å². The maximum atomic E-state index is 12.3. The molecular formula is C17H19NO. The number of ketones is 1. The van der Waals surface area contributed by atoms with Gasteiger partial charge < -0.3 is 5.73 Å². The second-order valence-electron chi connectivity index (χ2n) is 4.95. The van der Waals surface area contributed by atoms with E-state index in [1.54, 1.807) is 0 Å². The molecule has 0 amide bonds. The predicted octanol–water partition coefficient (Wildman–Crippen LogP) is 3.29. The Kier molecular flexibility index (Phi) is 4.13. The molecule has 0 saturated carbocycles. The Labute approximate surface area is 114 Å². The second-order valence-corrected chi connectivity index (χ2v) is 4.95. The van der Waals surface area contributed by atoms with Crippen LogP contribution in [0, 0.1) is 6.92 Å². The Morgan fingerprint density at radius 1 is 1.00 bits per heavy atom. The lowest BCUT2D eigenvalue weighted by atomic mass is 9.97. The Balaban J connectivity index is 2.22. The first-order chi connectivity index (χ1) is 9.11. The van der Waals surface area contributed by atoms with Crippen molar-refractivity contribution < 1.29 is 4.79 Å². The summed E-state index contributed by atoms with van der Waals surface area (Å²) in [5.41, 5.74) is 9.41. The van der Waals surface area contributed by atoms with Gasteiger partial charge in [0.25, 0.3) is 0 Å². The van der Waals surface area contributed by atoms with Crippen molar-refractivity contribution in [3.05, 3.63) is 70.8 Å². The van der Waals surface area contributed by atoms with Crippen molar-refractivity contribution in [3.63, 3.8) is 0 Å². The van der Waals surface area contributed by atoms with Gasteiger partial charge in [0.05, 0.1) is 0 Å². The third-order valence-corrected chi connectivity index (χ3v) is 3.41. The van der Waals surface area contributed by atoms with E-state index in [1.807, 2.05) is 55.5 Å². The first kappa shape index (κ1) is 13.5. The van der Waals surface area contributed by atoms with Crippen LogP contribution in [0.25, 0.3) is 0 Å². The molecule has 1 unspecified atom stereocenters. The van der Waals surface area contributed by atoms with Gasteiger partial charge in [-0.3, -0.25) is 4.79 Å². The molecule has 2 aromatic carbocycles. The fourth-order valence-electron chi connectivity index (χ4n) is 1.97. The second kappa shape index (κ2) is 5.81. The summed E-state index contributed by atoms with van der Waals surface area (Å²) in [7, 11) is 0. The van der Waals surface area contributed by atoms with Gasteiger partial charge in [-0.25, -0.2) is 0 Å². The Bertz CT molecular complexity index is 555. The minimum absolute atomic E-state index is 0.0620. The van der Waals surface area contributed by atoms with Crippen LogP contribution in [0.5, 0.6) is 0 Å². The summed E-state index contributed by atoms with van der Waals surface area (Å²) in [6, 6.07) is 15.4. The molecule has 2 N–H and O–H groups in total. The molecule has 0 heterocycles. The normalized spacial score (nSPS) is 12.2. The Morgan fingerprint density at radius 2 is 1.47 bits per heavy atom. The fourth-order valence-corrected chi connectivity index (χ4v) is 1.97. The first-order valence-electron chi connectivity index (χ1n) is 6.53. The van der Waals surface area contributed by atoms with Gasteiger partial charge in [0.1, 0.15) is 0 Å². The molecule has 0 fully saturated rings. The van der Waals surface area contributed by atoms with Crippen LogP contribution in [0.15, 0.2) is 48.5 Å². The van der Waals surface area contributed by atoms with Crippen LogP contribution in [0.4, 0.5) is 0 Å². The highest BCUT2D eigenvalue weighted by atomic mass is 16.1. The minimum atomic E-state index is 0.0620. The summed E-state index contributed by atoms with van der Waals surface area (Å²) >= 11 is 0. The van der Waals surface area contributed by atoms with Crippen LogP contribution < -0.4 is 5.73 Å². The van der Waals surface area contributed by atoms with E-state index in [9.17, 15) is 4.79 Å². The van der Waals surface area contributed by atoms with Crippen molar-refractivity contribution in [2.75, 3.05) is 6.54 Å². The smallest absolute Gasteiger partial charge is 0.193 e. The number of hydrogen-bond donors (Lipinski definition) is 1. The minimum Gasteiger partial charge on any atom is -0.330 e. The van der Waals surface area contributed by atoms with Crippen LogP contribution in [-0.4, -0.2) is 12.3 Å². The number of aryl methyl sites for hydroxylation is 1. The van der Waals surface area contributed by atoms with Crippen molar-refractivity contribution in [1.82, 2.24) is 0 Å². The van der Waals surface area contributed by atoms with E-state index >= 15 is 0 Å². The van der Waals surface area contributed by atoms with Gasteiger partial charge in [0.15, 0.2) is 5.78 Å². The highest BCUT2D eigenvalue weighted by molar-refractivity contribution is 6.08. The van der Waals surface area contributed by atoms with Gasteiger partial charge in [-0.05, 0) is 24.9 Å². The van der Waals surface area contributed by atoms with Crippen molar-refractivity contribution >= 4 is 5.78 Å². The van der Waals surface area contributed by atoms with Gasteiger partial charge in [-0.1, -0.05) is 61.0 Å². The SMILES string of the molecule is Cc1ccc(C(=O)c2ccc(C(C)CN)cc2)cc1. The van der Waals surface area contributed by atoms with E-state index in [-0.39, 0.29) is 5.78 Å². The average molecular weight is 253 g/mol. The Morgan fingerprint density at radius 3 is 1.95 bits per heavy atom. The highest BCUT2D eigenvalue weighted by Crippen LogP contribution is 2.17. The zero-order chi connectivity index (χ0) is 13.8. The van der Waals surface area contributed by atoms with Crippen LogP contribution in [0.2, 0.25) is 0 Å². The molecule has 2 heteroatoms. The predicted molar refractivity (Wildman–Crippen MR) is 78.5 cm³/mol. The summed E-state index contributed by atoms with van der Waals surface area (Å²) < 4.78 is 0. The first-order valence-corrected chi connectivity index (χ1v) is 6.53. The lowest BCUT2D eigenvalue weighted by molar-refractivity contribution is 0.103. The van der Waals surface area contributed by atoms with Gasteiger partial charge in [0, 0.05) is 11.1 Å². The monoisotopic (exact) mass is 253 g/mol. The van der Waals surface area contributed by atoms with Gasteiger partial charge >= 0.3 is 0 Å². The molecule has 98 valence electrons. The van der Waals surface area contributed by atoms with Gasteiger partial charge in [-0.2, -0.15) is 0 Å². The molecule has 0 radical (unpaired) electrons. The highest BCUT2D eigenvalue weighted by Gasteiger charge is 2.09. The molecular weight excluding hydrogens is 234 g/mol. The molecule has 0 bridgehead atoms. The molecule has 19 heavy (non-hydrogen) atoms. The van der Waals surface area contributed by atoms with E-state index in [2.05, 4.69) is 6.92 Å². The summed E-state index contributed by atoms with van der Waals surface area (Å²) in [5.74, 6) is 0.385. The van der Waals surface area contributed by atoms with Crippen LogP contribution in [-0.2, 0) is 0 Å². The summed E-state index contributed by atoms with van der Waals surface area (Å²) in [4.78, 5) is 12.3. The molecule has 0 aliphatic heterocycles. The van der Waals surface area contributed by atoms with Crippen molar-refractivity contribution in [3.8, 4) is 0 Å². The maximum absolute atomic E-state index is 12.3. The molecule has 2 nitrogen and oxygen atoms in total. The number of carbonyl (C=O) groups excluding carboxylic acids is 1. The quantitative estimate of drug-likeness (QED) is 0.850. The van der Waals surface area contributed by atoms with Crippen LogP contribution in [0.3, 0.4) is 0 Å². The van der Waals surface area contributed by atoms with E-state index in [0.29, 0.717) is 12.5 Å². The summed E-state index contributed by atoms with van der Waals surface area (Å²) in [5, 5.41) is 0. The van der Waals surface area contributed by atoms with Gasteiger partial charge in [-0.15, -0.1) is 0 Å². The van der Waals surface area contributed by atoms with Gasteiger partial charge in [0.2, 0.25) is 0 Å². The largest absolute Gasteiger partial charge is 0.330 e. The standard InChI is InChI=1S/C17H19NO/c1-12-3-5-15(6-4-12)17(19)16-9-7-14(8-10-16)13(2)11-18/h3-10,13H,11,18H2,1-2H3. The van der Waals surface area contributed by atoms with Crippen LogP contribution in [0.1, 0.15) is 39.9 Å². The molecule has 0 aliphatic carbocycles. The van der Waals surface area contributed by atoms with E-state index in [0.717, 1.165) is 16.7 Å². The zero-order valence-corrected chi connectivity index (χ0v) is 11.4. The lowest BCUT2D eigenvalue weighted by Gasteiger charge is -2.09. The molecule has 0 spiro atoms.